The van der Waals surface area contributed by atoms with Gasteiger partial charge < -0.3 is 24.3 Å². The average Bonchev–Trinajstić information content (AvgIpc) is 3.29. The highest BCUT2D eigenvalue weighted by Crippen LogP contribution is 2.31. The first-order valence-corrected chi connectivity index (χ1v) is 12.7. The summed E-state index contributed by atoms with van der Waals surface area (Å²) < 4.78 is 11.6. The Bertz CT molecular complexity index is 1280. The van der Waals surface area contributed by atoms with Gasteiger partial charge in [-0.3, -0.25) is 4.79 Å². The third-order valence-corrected chi connectivity index (χ3v) is 7.01. The molecule has 9 heteroatoms. The lowest BCUT2D eigenvalue weighted by Gasteiger charge is -2.37. The Morgan fingerprint density at radius 1 is 1.22 bits per heavy atom. The minimum absolute atomic E-state index is 0.0736. The zero-order valence-electron chi connectivity index (χ0n) is 20.5. The molecule has 3 aromatic rings. The van der Waals surface area contributed by atoms with Crippen molar-refractivity contribution in [1.82, 2.24) is 19.9 Å². The number of nitrogens with zero attached hydrogens (tertiary/aromatic N) is 4. The van der Waals surface area contributed by atoms with E-state index in [0.29, 0.717) is 47.3 Å². The summed E-state index contributed by atoms with van der Waals surface area (Å²) >= 11 is 6.60. The molecular weight excluding hydrogens is 478 g/mol. The van der Waals surface area contributed by atoms with E-state index < -0.39 is 0 Å². The van der Waals surface area contributed by atoms with Crippen LogP contribution in [0.1, 0.15) is 26.7 Å². The quantitative estimate of drug-likeness (QED) is 0.522. The number of rotatable bonds is 5. The van der Waals surface area contributed by atoms with Gasteiger partial charge in [0.15, 0.2) is 5.65 Å². The number of H-pyrrole nitrogens is 1. The summed E-state index contributed by atoms with van der Waals surface area (Å²) in [5.41, 5.74) is 3.97. The van der Waals surface area contributed by atoms with Gasteiger partial charge in [0, 0.05) is 49.6 Å². The Morgan fingerprint density at radius 2 is 1.97 bits per heavy atom. The Kier molecular flexibility index (Phi) is 7.04. The monoisotopic (exact) mass is 507 g/mol. The van der Waals surface area contributed by atoms with Crippen LogP contribution in [0.2, 0.25) is 5.02 Å². The van der Waals surface area contributed by atoms with Crippen LogP contribution in [0.4, 0.5) is 5.69 Å². The van der Waals surface area contributed by atoms with Crippen LogP contribution in [0.15, 0.2) is 30.3 Å². The molecule has 2 aliphatic rings. The number of aromatic amines is 1. The lowest BCUT2D eigenvalue weighted by Crippen LogP contribution is -2.49. The molecule has 188 valence electrons. The van der Waals surface area contributed by atoms with E-state index in [0.717, 1.165) is 37.6 Å². The average molecular weight is 508 g/mol. The second-order valence-electron chi connectivity index (χ2n) is 9.51. The smallest absolute Gasteiger partial charge is 0.296 e. The van der Waals surface area contributed by atoms with E-state index in [1.54, 1.807) is 4.90 Å². The molecule has 4 heterocycles. The van der Waals surface area contributed by atoms with Crippen molar-refractivity contribution >= 4 is 34.4 Å². The van der Waals surface area contributed by atoms with Crippen LogP contribution >= 0.6 is 11.6 Å². The van der Waals surface area contributed by atoms with E-state index in [2.05, 4.69) is 32.9 Å². The minimum atomic E-state index is -0.289. The second-order valence-corrected chi connectivity index (χ2v) is 9.92. The number of hydrogen-bond acceptors (Lipinski definition) is 6. The first-order chi connectivity index (χ1) is 17.4. The number of amides is 1. The number of carbonyl (C=O) groups excluding carboxylic acids is 1. The summed E-state index contributed by atoms with van der Waals surface area (Å²) in [6.07, 6.45) is 6.82. The number of halogens is 1. The van der Waals surface area contributed by atoms with Gasteiger partial charge >= 0.3 is 0 Å². The number of hydrogen-bond donors (Lipinski definition) is 1. The van der Waals surface area contributed by atoms with Crippen LogP contribution in [-0.2, 0) is 9.53 Å². The van der Waals surface area contributed by atoms with Crippen molar-refractivity contribution < 1.29 is 14.3 Å². The first-order valence-electron chi connectivity index (χ1n) is 12.4. The molecule has 0 spiro atoms. The van der Waals surface area contributed by atoms with Gasteiger partial charge in [0.1, 0.15) is 6.10 Å². The number of likely N-dealkylation sites (tertiary alicyclic amines) is 1. The molecule has 0 bridgehead atoms. The highest BCUT2D eigenvalue weighted by Gasteiger charge is 2.33. The molecule has 2 aliphatic heterocycles. The highest BCUT2D eigenvalue weighted by atomic mass is 35.5. The van der Waals surface area contributed by atoms with E-state index in [-0.39, 0.29) is 24.0 Å². The fourth-order valence-electron chi connectivity index (χ4n) is 4.76. The Labute approximate surface area is 215 Å². The largest absolute Gasteiger partial charge is 0.461 e. The standard InChI is InChI=1S/C27H30ClN5O3/c1-4-19-15-21(9-10-33(19)26(34)17(2)3)36-27-29-23-16-22(28)24(30-25(23)31-27)18-5-7-20(8-6-18)32-11-13-35-14-12-32/h1,5-8,16-17,19,21H,9-15H2,2-3H3,(H,29,30,31)/t19-,21+/m1/s1. The summed E-state index contributed by atoms with van der Waals surface area (Å²) in [5.74, 6) is 2.73. The van der Waals surface area contributed by atoms with Crippen LogP contribution in [0.3, 0.4) is 0 Å². The Balaban J connectivity index is 1.31. The van der Waals surface area contributed by atoms with Gasteiger partial charge in [-0.05, 0) is 18.2 Å². The van der Waals surface area contributed by atoms with Gasteiger partial charge in [0.2, 0.25) is 5.91 Å². The maximum atomic E-state index is 12.5. The lowest BCUT2D eigenvalue weighted by molar-refractivity contribution is -0.138. The number of pyridine rings is 1. The summed E-state index contributed by atoms with van der Waals surface area (Å²) in [7, 11) is 0. The normalized spacial score (nSPS) is 20.5. The molecule has 0 aliphatic carbocycles. The van der Waals surface area contributed by atoms with Crippen LogP contribution in [-0.4, -0.2) is 70.8 Å². The highest BCUT2D eigenvalue weighted by molar-refractivity contribution is 6.33. The Hall–Kier alpha value is -3.28. The van der Waals surface area contributed by atoms with Crippen molar-refractivity contribution in [2.24, 2.45) is 5.92 Å². The zero-order chi connectivity index (χ0) is 25.2. The van der Waals surface area contributed by atoms with Crippen LogP contribution in [0, 0.1) is 18.3 Å². The molecule has 5 rings (SSSR count). The molecule has 8 nitrogen and oxygen atoms in total. The number of aromatic nitrogens is 3. The number of imidazole rings is 1. The van der Waals surface area contributed by atoms with Crippen molar-refractivity contribution in [3.8, 4) is 29.6 Å². The summed E-state index contributed by atoms with van der Waals surface area (Å²) in [6.45, 7) is 7.59. The molecule has 1 aromatic carbocycles. The number of morpholine rings is 1. The zero-order valence-corrected chi connectivity index (χ0v) is 21.3. The van der Waals surface area contributed by atoms with E-state index in [1.165, 1.54) is 0 Å². The molecule has 2 atom stereocenters. The number of benzene rings is 1. The number of piperidine rings is 1. The molecule has 36 heavy (non-hydrogen) atoms. The number of fused-ring (bicyclic) bond motifs is 1. The first kappa shape index (κ1) is 24.4. The van der Waals surface area contributed by atoms with Gasteiger partial charge in [0.25, 0.3) is 6.01 Å². The van der Waals surface area contributed by atoms with E-state index in [4.69, 9.17) is 32.5 Å². The molecule has 1 amide bonds. The van der Waals surface area contributed by atoms with Crippen molar-refractivity contribution in [2.75, 3.05) is 37.7 Å². The van der Waals surface area contributed by atoms with Gasteiger partial charge in [0.05, 0.1) is 35.5 Å². The molecule has 2 aromatic heterocycles. The van der Waals surface area contributed by atoms with E-state index in [9.17, 15) is 4.79 Å². The molecule has 0 saturated carbocycles. The predicted molar refractivity (Wildman–Crippen MR) is 140 cm³/mol. The van der Waals surface area contributed by atoms with Gasteiger partial charge in [-0.15, -0.1) is 6.42 Å². The Morgan fingerprint density at radius 3 is 2.67 bits per heavy atom. The molecule has 2 fully saturated rings. The summed E-state index contributed by atoms with van der Waals surface area (Å²) in [6, 6.07) is 10.1. The summed E-state index contributed by atoms with van der Waals surface area (Å²) in [5, 5.41) is 0.532. The van der Waals surface area contributed by atoms with Crippen LogP contribution < -0.4 is 9.64 Å². The minimum Gasteiger partial charge on any atom is -0.461 e. The lowest BCUT2D eigenvalue weighted by atomic mass is 9.98. The van der Waals surface area contributed by atoms with Crippen molar-refractivity contribution in [2.45, 2.75) is 38.8 Å². The van der Waals surface area contributed by atoms with Gasteiger partial charge in [-0.1, -0.05) is 43.5 Å². The maximum Gasteiger partial charge on any atom is 0.296 e. The number of nitrogens with one attached hydrogen (secondary N) is 1. The predicted octanol–water partition coefficient (Wildman–Crippen LogP) is 4.14. The molecule has 1 N–H and O–H groups in total. The van der Waals surface area contributed by atoms with E-state index in [1.807, 2.05) is 32.0 Å². The fraction of sp³-hybridized carbons (Fsp3) is 0.444. The molecule has 0 radical (unpaired) electrons. The van der Waals surface area contributed by atoms with Gasteiger partial charge in [-0.2, -0.15) is 4.98 Å². The van der Waals surface area contributed by atoms with Crippen molar-refractivity contribution in [1.29, 1.82) is 0 Å². The molecular formula is C27H30ClN5O3. The van der Waals surface area contributed by atoms with Crippen LogP contribution in [0.5, 0.6) is 6.01 Å². The number of terminal acetylenes is 1. The topological polar surface area (TPSA) is 83.6 Å². The van der Waals surface area contributed by atoms with Crippen molar-refractivity contribution in [3.05, 3.63) is 35.4 Å². The number of anilines is 1. The third-order valence-electron chi connectivity index (χ3n) is 6.72. The van der Waals surface area contributed by atoms with Crippen LogP contribution in [0.25, 0.3) is 22.4 Å². The fourth-order valence-corrected chi connectivity index (χ4v) is 5.02. The molecule has 2 saturated heterocycles. The van der Waals surface area contributed by atoms with Crippen molar-refractivity contribution in [3.63, 3.8) is 0 Å². The number of ether oxygens (including phenoxy) is 2. The third kappa shape index (κ3) is 4.99. The summed E-state index contributed by atoms with van der Waals surface area (Å²) in [4.78, 5) is 29.0. The second kappa shape index (κ2) is 10.4. The van der Waals surface area contributed by atoms with E-state index >= 15 is 0 Å². The SMILES string of the molecule is C#C[C@@H]1C[C@@H](Oc2nc3nc(-c4ccc(N5CCOCC5)cc4)c(Cl)cc3[nH]2)CCN1C(=O)C(C)C. The number of carbonyl (C=O) groups is 1. The maximum absolute atomic E-state index is 12.5. The molecule has 0 unspecified atom stereocenters. The van der Waals surface area contributed by atoms with Gasteiger partial charge in [-0.25, -0.2) is 4.98 Å².